The predicted molar refractivity (Wildman–Crippen MR) is 190 cm³/mol. The van der Waals surface area contributed by atoms with E-state index >= 15 is 0 Å². The summed E-state index contributed by atoms with van der Waals surface area (Å²) in [7, 11) is 0. The molecule has 5 aromatic rings. The number of ether oxygens (including phenoxy) is 2. The second kappa shape index (κ2) is 16.5. The molecule has 296 valence electrons. The van der Waals surface area contributed by atoms with E-state index in [1.165, 1.54) is 39.7 Å². The molecule has 3 fully saturated rings. The maximum absolute atomic E-state index is 13.7. The lowest BCUT2D eigenvalue weighted by atomic mass is 10.1. The van der Waals surface area contributed by atoms with Crippen LogP contribution in [0.1, 0.15) is 49.9 Å². The average Bonchev–Trinajstić information content (AvgIpc) is 3.41. The van der Waals surface area contributed by atoms with Crippen LogP contribution in [0.25, 0.3) is 22.3 Å². The van der Waals surface area contributed by atoms with E-state index in [2.05, 4.69) is 47.5 Å². The summed E-state index contributed by atoms with van der Waals surface area (Å²) in [4.78, 5) is 21.2. The number of hydrogen-bond acceptors (Lipinski definition) is 18. The van der Waals surface area contributed by atoms with Crippen LogP contribution in [-0.4, -0.2) is 143 Å². The molecule has 4 aromatic heterocycles. The minimum atomic E-state index is -1.19. The van der Waals surface area contributed by atoms with Gasteiger partial charge in [-0.2, -0.15) is 0 Å². The molecule has 22 heteroatoms. The molecule has 9 N–H and O–H groups in total. The van der Waals surface area contributed by atoms with E-state index < -0.39 is 67.1 Å². The molecule has 55 heavy (non-hydrogen) atoms. The highest BCUT2D eigenvalue weighted by Gasteiger charge is 2.46. The van der Waals surface area contributed by atoms with Crippen LogP contribution in [0.3, 0.4) is 0 Å². The van der Waals surface area contributed by atoms with Crippen molar-refractivity contribution in [1.82, 2.24) is 44.5 Å². The van der Waals surface area contributed by atoms with Gasteiger partial charge in [0, 0.05) is 24.1 Å². The van der Waals surface area contributed by atoms with Crippen LogP contribution in [0.5, 0.6) is 0 Å². The van der Waals surface area contributed by atoms with Crippen molar-refractivity contribution in [1.29, 1.82) is 0 Å². The Labute approximate surface area is 315 Å². The van der Waals surface area contributed by atoms with E-state index in [1.54, 1.807) is 6.07 Å². The largest absolute Gasteiger partial charge is 0.394 e. The fourth-order valence-electron chi connectivity index (χ4n) is 6.78. The van der Waals surface area contributed by atoms with Crippen LogP contribution >= 0.6 is 11.8 Å². The molecule has 8 rings (SSSR count). The molecule has 5 heterocycles. The first-order valence-corrected chi connectivity index (χ1v) is 18.6. The Hall–Kier alpha value is -4.26. The summed E-state index contributed by atoms with van der Waals surface area (Å²) in [5, 5.41) is 71.3. The number of nitrogen functional groups attached to an aromatic ring is 1. The molecule has 3 aliphatic rings. The Morgan fingerprint density at radius 1 is 0.982 bits per heavy atom. The molecule has 19 nitrogen and oxygen atoms in total. The lowest BCUT2D eigenvalue weighted by molar-refractivity contribution is -0.0629. The van der Waals surface area contributed by atoms with Crippen LogP contribution < -0.4 is 11.1 Å². The van der Waals surface area contributed by atoms with Crippen molar-refractivity contribution in [3.05, 3.63) is 48.1 Å². The van der Waals surface area contributed by atoms with Gasteiger partial charge in [0.05, 0.1) is 38.3 Å². The number of nitrogens with one attached hydrogen (secondary N) is 1. The number of nitrogens with two attached hydrogens (primary N) is 1. The second-order valence-electron chi connectivity index (χ2n) is 13.4. The fraction of sp³-hybridized carbons (Fsp3) is 0.545. The molecule has 2 aliphatic carbocycles. The zero-order chi connectivity index (χ0) is 39.0. The van der Waals surface area contributed by atoms with Crippen molar-refractivity contribution in [3.63, 3.8) is 0 Å². The first-order valence-electron chi connectivity index (χ1n) is 17.7. The van der Waals surface area contributed by atoms with Gasteiger partial charge in [-0.3, -0.25) is 4.57 Å². The van der Waals surface area contributed by atoms with Crippen molar-refractivity contribution in [2.45, 2.75) is 92.2 Å². The van der Waals surface area contributed by atoms with E-state index in [0.29, 0.717) is 38.9 Å². The number of aliphatic hydroxyl groups is 6. The quantitative estimate of drug-likeness (QED) is 0.0612. The molecule has 1 aromatic carbocycles. The van der Waals surface area contributed by atoms with Crippen molar-refractivity contribution >= 4 is 45.7 Å². The smallest absolute Gasteiger partial charge is 0.191 e. The fourth-order valence-corrected chi connectivity index (χ4v) is 7.47. The van der Waals surface area contributed by atoms with Crippen molar-refractivity contribution in [2.75, 3.05) is 36.6 Å². The molecule has 0 bridgehead atoms. The molecule has 2 saturated carbocycles. The van der Waals surface area contributed by atoms with Gasteiger partial charge in [0.25, 0.3) is 0 Å². The average molecular weight is 790 g/mol. The van der Waals surface area contributed by atoms with Crippen LogP contribution in [0.4, 0.5) is 20.4 Å². The molecule has 1 aliphatic heterocycles. The van der Waals surface area contributed by atoms with Crippen molar-refractivity contribution in [3.8, 4) is 0 Å². The van der Waals surface area contributed by atoms with E-state index in [9.17, 15) is 29.2 Å². The molecular weight excluding hydrogens is 748 g/mol. The zero-order valence-corrected chi connectivity index (χ0v) is 30.2. The van der Waals surface area contributed by atoms with Gasteiger partial charge in [-0.05, 0) is 30.5 Å². The molecule has 1 saturated heterocycles. The van der Waals surface area contributed by atoms with E-state index in [0.717, 1.165) is 24.7 Å². The summed E-state index contributed by atoms with van der Waals surface area (Å²) in [6, 6.07) is 3.26. The van der Waals surface area contributed by atoms with Gasteiger partial charge in [-0.15, -0.1) is 5.10 Å². The summed E-state index contributed by atoms with van der Waals surface area (Å²) < 4.78 is 40.9. The van der Waals surface area contributed by atoms with Gasteiger partial charge >= 0.3 is 0 Å². The van der Waals surface area contributed by atoms with Crippen LogP contribution in [0.2, 0.25) is 0 Å². The maximum atomic E-state index is 13.7. The number of fused-ring (bicyclic) bond motifs is 2. The molecule has 0 amide bonds. The summed E-state index contributed by atoms with van der Waals surface area (Å²) in [6.07, 6.45) is -2.47. The lowest BCUT2D eigenvalue weighted by Crippen LogP contribution is -2.33. The zero-order valence-electron chi connectivity index (χ0n) is 29.4. The molecular formula is C33H41F2N11O8S. The van der Waals surface area contributed by atoms with Crippen LogP contribution in [0.15, 0.2) is 36.0 Å². The third-order valence-corrected chi connectivity index (χ3v) is 10.8. The standard InChI is InChI=1S/C23H28F2N6O4S.C10H13N5O4/c1-2-7-36-23-27-21(26-15-9-12(15)11-3-4-13(24)14(25)8-11)18-22(28-23)31(30-29-18)16-10-17(35-6-5-32)20(34)19(16)33;11-8-5-9(13-2-12-8)15(3-14-5)10-7(18)6(17)4(1-16)19-10/h3-4,8,12,15-17,19-20,32-34H,2,5-7,9-10H2,1H3,(H,26,27,28);2-4,6-7,10,16-18H,1H2,(H2,11,12,13)/t12-,15+,16+,17-,19-,20+;4-,6+,7?,10-/m01/s1. The van der Waals surface area contributed by atoms with Gasteiger partial charge in [-0.25, -0.2) is 38.4 Å². The number of rotatable bonds is 12. The summed E-state index contributed by atoms with van der Waals surface area (Å²) in [6.45, 7) is 1.52. The molecule has 0 spiro atoms. The van der Waals surface area contributed by atoms with Crippen LogP contribution in [-0.2, 0) is 9.47 Å². The third kappa shape index (κ3) is 7.78. The normalized spacial score (nSPS) is 28.8. The second-order valence-corrected chi connectivity index (χ2v) is 14.5. The summed E-state index contributed by atoms with van der Waals surface area (Å²) >= 11 is 1.48. The number of halogens is 2. The number of aliphatic hydroxyl groups excluding tert-OH is 6. The van der Waals surface area contributed by atoms with Gasteiger partial charge in [0.2, 0.25) is 0 Å². The predicted octanol–water partition coefficient (Wildman–Crippen LogP) is 0.0337. The van der Waals surface area contributed by atoms with Gasteiger partial charge in [0.1, 0.15) is 42.4 Å². The topological polar surface area (TPSA) is 278 Å². The van der Waals surface area contributed by atoms with E-state index in [-0.39, 0.29) is 37.4 Å². The number of hydrogen-bond donors (Lipinski definition) is 8. The highest BCUT2D eigenvalue weighted by molar-refractivity contribution is 7.99. The highest BCUT2D eigenvalue weighted by atomic mass is 32.2. The minimum Gasteiger partial charge on any atom is -0.394 e. The Bertz CT molecular complexity index is 2120. The Morgan fingerprint density at radius 2 is 1.80 bits per heavy atom. The number of benzene rings is 1. The minimum absolute atomic E-state index is 0.00291. The third-order valence-electron chi connectivity index (χ3n) is 9.74. The number of thioether (sulfide) groups is 1. The monoisotopic (exact) mass is 789 g/mol. The van der Waals surface area contributed by atoms with E-state index in [1.807, 2.05) is 0 Å². The first kappa shape index (κ1) is 39.0. The van der Waals surface area contributed by atoms with Gasteiger partial charge in [0.15, 0.2) is 51.5 Å². The summed E-state index contributed by atoms with van der Waals surface area (Å²) in [5.74, 6) is -0.254. The number of nitrogens with zero attached hydrogens (tertiary/aromatic N) is 9. The maximum Gasteiger partial charge on any atom is 0.191 e. The van der Waals surface area contributed by atoms with Gasteiger partial charge < -0.3 is 51.2 Å². The molecule has 1 unspecified atom stereocenters. The van der Waals surface area contributed by atoms with Crippen LogP contribution in [0, 0.1) is 11.6 Å². The number of aromatic nitrogens is 9. The SMILES string of the molecule is CCCSc1nc(N[C@@H]2C[C@H]2c2ccc(F)c(F)c2)c2nnn([C@@H]3C[C@H](OCCO)[C@@H](O)[C@H]3O)c2n1.Nc1ncnc2c1ncn2[C@@H]1O[C@H](CO)[C@H](O)C1O. The Morgan fingerprint density at radius 3 is 2.53 bits per heavy atom. The number of imidazole rings is 1. The Balaban J connectivity index is 0.000000205. The van der Waals surface area contributed by atoms with Gasteiger partial charge in [-0.1, -0.05) is 30.0 Å². The summed E-state index contributed by atoms with van der Waals surface area (Å²) in [5.41, 5.74) is 7.97. The van der Waals surface area contributed by atoms with Crippen molar-refractivity contribution in [2.24, 2.45) is 0 Å². The molecule has 0 radical (unpaired) electrons. The lowest BCUT2D eigenvalue weighted by Gasteiger charge is -2.17. The van der Waals surface area contributed by atoms with Crippen molar-refractivity contribution < 1.29 is 48.9 Å². The number of anilines is 2. The van der Waals surface area contributed by atoms with E-state index in [4.69, 9.17) is 25.4 Å². The first-order chi connectivity index (χ1) is 26.5. The highest BCUT2D eigenvalue weighted by Crippen LogP contribution is 2.44. The molecule has 10 atom stereocenters. The Kier molecular flexibility index (Phi) is 11.7.